The maximum absolute atomic E-state index is 14.1. The fraction of sp³-hybridized carbons (Fsp3) is 0.973. The van der Waals surface area contributed by atoms with Gasteiger partial charge in [0.05, 0.1) is 47.1 Å². The van der Waals surface area contributed by atoms with Gasteiger partial charge in [-0.2, -0.15) is 0 Å². The maximum Gasteiger partial charge on any atom is 0.311 e. The number of aliphatic hydroxyl groups excluding tert-OH is 2. The Kier molecular flexibility index (Phi) is 15.2. The van der Waals surface area contributed by atoms with Crippen LogP contribution in [0.2, 0.25) is 0 Å². The third kappa shape index (κ3) is 10.4. The first-order valence-corrected chi connectivity index (χ1v) is 18.6. The summed E-state index contributed by atoms with van der Waals surface area (Å²) in [6, 6.07) is -0.419. The van der Waals surface area contributed by atoms with E-state index >= 15 is 0 Å². The third-order valence-corrected chi connectivity index (χ3v) is 11.4. The molecule has 5 N–H and O–H groups in total. The normalized spacial score (nSPS) is 49.2. The van der Waals surface area contributed by atoms with E-state index in [1.165, 1.54) is 7.11 Å². The zero-order valence-corrected chi connectivity index (χ0v) is 32.9. The number of likely N-dealkylation sites (N-methyl/N-ethyl adjacent to an activating group) is 1. The van der Waals surface area contributed by atoms with Crippen molar-refractivity contribution in [2.24, 2.45) is 17.8 Å². The van der Waals surface area contributed by atoms with E-state index in [-0.39, 0.29) is 36.9 Å². The summed E-state index contributed by atoms with van der Waals surface area (Å²) in [5, 5.41) is 49.9. The number of ether oxygens (including phenoxy) is 6. The molecule has 0 bridgehead atoms. The van der Waals surface area contributed by atoms with Gasteiger partial charge in [-0.05, 0) is 101 Å². The van der Waals surface area contributed by atoms with Gasteiger partial charge in [0.15, 0.2) is 12.6 Å². The summed E-state index contributed by atoms with van der Waals surface area (Å²) < 4.78 is 37.6. The predicted molar refractivity (Wildman–Crippen MR) is 188 cm³/mol. The van der Waals surface area contributed by atoms with E-state index in [4.69, 9.17) is 28.4 Å². The molecule has 0 amide bonds. The highest BCUT2D eigenvalue weighted by Gasteiger charge is 2.51. The average molecular weight is 719 g/mol. The maximum atomic E-state index is 14.1. The number of nitrogens with one attached hydrogen (secondary N) is 1. The molecular weight excluding hydrogens is 648 g/mol. The summed E-state index contributed by atoms with van der Waals surface area (Å²) in [6.07, 6.45) is -5.69. The molecule has 0 aromatic heterocycles. The number of hydrogen-bond acceptors (Lipinski definition) is 13. The molecule has 3 rings (SSSR count). The first-order valence-electron chi connectivity index (χ1n) is 18.6. The van der Waals surface area contributed by atoms with Gasteiger partial charge >= 0.3 is 5.97 Å². The summed E-state index contributed by atoms with van der Waals surface area (Å²) in [4.78, 5) is 16.0. The first kappa shape index (κ1) is 43.4. The first-order chi connectivity index (χ1) is 23.1. The molecule has 0 aliphatic carbocycles. The van der Waals surface area contributed by atoms with Crippen LogP contribution in [-0.2, 0) is 33.2 Å². The number of carbonyl (C=O) groups is 1. The van der Waals surface area contributed by atoms with Crippen molar-refractivity contribution < 1.29 is 53.6 Å². The zero-order valence-electron chi connectivity index (χ0n) is 32.9. The van der Waals surface area contributed by atoms with Crippen LogP contribution in [0.1, 0.15) is 101 Å². The second-order valence-corrected chi connectivity index (χ2v) is 16.7. The Morgan fingerprint density at radius 3 is 2.16 bits per heavy atom. The summed E-state index contributed by atoms with van der Waals surface area (Å²) in [7, 11) is 5.32. The largest absolute Gasteiger partial charge is 0.459 e. The Morgan fingerprint density at radius 1 is 0.940 bits per heavy atom. The van der Waals surface area contributed by atoms with Gasteiger partial charge in [0.1, 0.15) is 18.3 Å². The third-order valence-electron chi connectivity index (χ3n) is 11.4. The lowest BCUT2D eigenvalue weighted by Gasteiger charge is -2.48. The molecule has 0 radical (unpaired) electrons. The van der Waals surface area contributed by atoms with Crippen LogP contribution >= 0.6 is 0 Å². The molecule has 294 valence electrons. The van der Waals surface area contributed by atoms with Gasteiger partial charge in [-0.25, -0.2) is 0 Å². The summed E-state index contributed by atoms with van der Waals surface area (Å²) >= 11 is 0. The topological polar surface area (TPSA) is 169 Å². The van der Waals surface area contributed by atoms with E-state index in [0.29, 0.717) is 25.8 Å². The lowest BCUT2D eigenvalue weighted by Crippen LogP contribution is -2.60. The van der Waals surface area contributed by atoms with Crippen molar-refractivity contribution in [2.45, 2.75) is 186 Å². The highest BCUT2D eigenvalue weighted by atomic mass is 16.7. The van der Waals surface area contributed by atoms with Crippen LogP contribution < -0.4 is 5.32 Å². The van der Waals surface area contributed by atoms with E-state index in [2.05, 4.69) is 5.32 Å². The number of cyclic esters (lactones) is 1. The number of esters is 1. The summed E-state index contributed by atoms with van der Waals surface area (Å²) in [6.45, 7) is 18.9. The minimum absolute atomic E-state index is 0.0286. The molecule has 3 saturated heterocycles. The highest BCUT2D eigenvalue weighted by molar-refractivity contribution is 5.73. The lowest BCUT2D eigenvalue weighted by molar-refractivity contribution is -0.317. The Labute approximate surface area is 300 Å². The minimum atomic E-state index is -1.51. The number of rotatable bonds is 7. The van der Waals surface area contributed by atoms with Crippen LogP contribution in [-0.4, -0.2) is 143 Å². The highest BCUT2D eigenvalue weighted by Crippen LogP contribution is 2.39. The Bertz CT molecular complexity index is 1080. The number of carbonyl (C=O) groups excluding carboxylic acids is 1. The fourth-order valence-electron chi connectivity index (χ4n) is 8.43. The molecule has 0 unspecified atom stereocenters. The van der Waals surface area contributed by atoms with Gasteiger partial charge in [-0.15, -0.1) is 0 Å². The average Bonchev–Trinajstić information content (AvgIpc) is 3.02. The second-order valence-electron chi connectivity index (χ2n) is 16.7. The smallest absolute Gasteiger partial charge is 0.311 e. The van der Waals surface area contributed by atoms with Crippen LogP contribution in [0.25, 0.3) is 0 Å². The van der Waals surface area contributed by atoms with Crippen LogP contribution in [0.5, 0.6) is 0 Å². The summed E-state index contributed by atoms with van der Waals surface area (Å²) in [5.41, 5.74) is -3.79. The molecule has 3 heterocycles. The van der Waals surface area contributed by atoms with E-state index in [1.807, 2.05) is 53.6 Å². The molecule has 17 atom stereocenters. The van der Waals surface area contributed by atoms with Crippen LogP contribution in [0.15, 0.2) is 0 Å². The van der Waals surface area contributed by atoms with Crippen molar-refractivity contribution in [1.82, 2.24) is 10.2 Å². The Hall–Kier alpha value is -0.970. The number of nitrogens with zero attached hydrogens (tertiary/aromatic N) is 1. The molecule has 0 aromatic rings. The monoisotopic (exact) mass is 718 g/mol. The molecule has 0 spiro atoms. The molecule has 50 heavy (non-hydrogen) atoms. The van der Waals surface area contributed by atoms with E-state index in [0.717, 1.165) is 0 Å². The van der Waals surface area contributed by atoms with Gasteiger partial charge in [0, 0.05) is 31.5 Å². The minimum Gasteiger partial charge on any atom is -0.459 e. The van der Waals surface area contributed by atoms with Gasteiger partial charge < -0.3 is 59.1 Å². The van der Waals surface area contributed by atoms with Crippen molar-refractivity contribution in [3.05, 3.63) is 0 Å². The lowest BCUT2D eigenvalue weighted by atomic mass is 9.78. The van der Waals surface area contributed by atoms with E-state index < -0.39 is 83.8 Å². The van der Waals surface area contributed by atoms with Crippen molar-refractivity contribution >= 4 is 5.97 Å². The summed E-state index contributed by atoms with van der Waals surface area (Å²) in [5.74, 6) is -2.16. The molecular formula is C37H70N2O11. The van der Waals surface area contributed by atoms with Crippen molar-refractivity contribution in [1.29, 1.82) is 0 Å². The molecule has 3 aliphatic rings. The van der Waals surface area contributed by atoms with Crippen LogP contribution in [0.4, 0.5) is 0 Å². The van der Waals surface area contributed by atoms with Crippen molar-refractivity contribution in [2.75, 3.05) is 27.7 Å². The van der Waals surface area contributed by atoms with Gasteiger partial charge in [-0.1, -0.05) is 20.8 Å². The Morgan fingerprint density at radius 2 is 1.58 bits per heavy atom. The van der Waals surface area contributed by atoms with Crippen LogP contribution in [0.3, 0.4) is 0 Å². The number of hydrogen-bond donors (Lipinski definition) is 5. The van der Waals surface area contributed by atoms with Crippen molar-refractivity contribution in [3.63, 3.8) is 0 Å². The quantitative estimate of drug-likeness (QED) is 0.244. The predicted octanol–water partition coefficient (Wildman–Crippen LogP) is 2.59. The Balaban J connectivity index is 2.13. The zero-order chi connectivity index (χ0) is 37.9. The molecule has 0 saturated carbocycles. The molecule has 3 fully saturated rings. The van der Waals surface area contributed by atoms with Crippen molar-refractivity contribution in [3.8, 4) is 0 Å². The molecule has 0 aromatic carbocycles. The van der Waals surface area contributed by atoms with Gasteiger partial charge in [-0.3, -0.25) is 4.79 Å². The number of methoxy groups -OCH3 is 1. The standard InChI is InChI=1S/C37H70N2O11/c1-14-27-35(8,43)16-20(2)19-38-21(3)17-36(9,44)32(50-34-29(40)26(39(11)12)15-22(4)46-34)23(5)30(24(6)33(42)48-27)49-28-18-37(10,45-13)31(41)25(7)47-28/h20-32,34,38,40-41,43-44H,14-19H2,1-13H3/t20-,21-,22-,23+,24-,25+,26+,27+,28+,29-,30+,31+,32-,34+,35+,36+,37-/m1/s1. The van der Waals surface area contributed by atoms with Crippen LogP contribution in [0, 0.1) is 17.8 Å². The van der Waals surface area contributed by atoms with E-state index in [9.17, 15) is 25.2 Å². The molecule has 13 nitrogen and oxygen atoms in total. The number of aliphatic hydroxyl groups is 4. The second kappa shape index (κ2) is 17.4. The molecule has 3 aliphatic heterocycles. The SMILES string of the molecule is CC[C@@H]1OC(=O)[C@H](C)[C@@H](O[C@H]2C[C@@](C)(OC)[C@@H](O)[C@H](C)O2)[C@H](C)[C@@H](O[C@@H]2O[C@H](C)C[C@H](N(C)C)[C@H]2O)[C@@](C)(O)C[C@@H](C)NC[C@H](C)C[C@]1(C)O. The van der Waals surface area contributed by atoms with E-state index in [1.54, 1.807) is 34.6 Å². The fourth-order valence-corrected chi connectivity index (χ4v) is 8.43. The van der Waals surface area contributed by atoms with Gasteiger partial charge in [0.25, 0.3) is 0 Å². The molecule has 13 heteroatoms. The van der Waals surface area contributed by atoms with Gasteiger partial charge in [0.2, 0.25) is 0 Å².